The van der Waals surface area contributed by atoms with Crippen LogP contribution in [0, 0.1) is 5.82 Å². The van der Waals surface area contributed by atoms with Gasteiger partial charge in [0.15, 0.2) is 5.82 Å². The Morgan fingerprint density at radius 3 is 2.91 bits per heavy atom. The number of nitrogens with zero attached hydrogens (tertiary/aromatic N) is 4. The number of hydrogen-bond donors (Lipinski definition) is 1. The number of hydrogen-bond acceptors (Lipinski definition) is 5. The van der Waals surface area contributed by atoms with Crippen LogP contribution >= 0.6 is 0 Å². The van der Waals surface area contributed by atoms with Crippen molar-refractivity contribution in [3.05, 3.63) is 47.8 Å². The second kappa shape index (κ2) is 7.16. The first-order valence-electron chi connectivity index (χ1n) is 7.82. The van der Waals surface area contributed by atoms with Crippen molar-refractivity contribution in [3.8, 4) is 0 Å². The lowest BCUT2D eigenvalue weighted by Gasteiger charge is -2.33. The zero-order chi connectivity index (χ0) is 16.2. The van der Waals surface area contributed by atoms with Gasteiger partial charge in [0, 0.05) is 26.2 Å². The zero-order valence-electron chi connectivity index (χ0n) is 13.1. The summed E-state index contributed by atoms with van der Waals surface area (Å²) in [5.74, 6) is 0.514. The van der Waals surface area contributed by atoms with E-state index < -0.39 is 6.10 Å². The molecule has 3 rings (SSSR count). The fraction of sp³-hybridized carbons (Fsp3) is 0.500. The number of aromatic nitrogens is 3. The number of β-amino-alcohol motifs (C(OH)–C–C–N with tert-alkyl or cyclic N) is 1. The molecule has 6 nitrogen and oxygen atoms in total. The predicted octanol–water partition coefficient (Wildman–Crippen LogP) is 1.54. The van der Waals surface area contributed by atoms with Crippen LogP contribution in [0.25, 0.3) is 0 Å². The summed E-state index contributed by atoms with van der Waals surface area (Å²) >= 11 is 0. The molecule has 124 valence electrons. The number of halogens is 1. The minimum absolute atomic E-state index is 0.147. The van der Waals surface area contributed by atoms with Gasteiger partial charge in [-0.25, -0.2) is 4.39 Å². The lowest BCUT2D eigenvalue weighted by atomic mass is 10.1. The van der Waals surface area contributed by atoms with E-state index in [9.17, 15) is 9.50 Å². The molecule has 0 bridgehead atoms. The molecule has 0 amide bonds. The van der Waals surface area contributed by atoms with E-state index in [4.69, 9.17) is 4.74 Å². The second-order valence-corrected chi connectivity index (χ2v) is 5.66. The molecule has 1 aromatic carbocycles. The van der Waals surface area contributed by atoms with E-state index in [1.807, 2.05) is 11.5 Å². The quantitative estimate of drug-likeness (QED) is 0.905. The summed E-state index contributed by atoms with van der Waals surface area (Å²) in [4.78, 5) is 2.14. The Hall–Kier alpha value is -1.83. The van der Waals surface area contributed by atoms with Crippen LogP contribution in [0.5, 0.6) is 0 Å². The Morgan fingerprint density at radius 2 is 2.17 bits per heavy atom. The molecule has 2 unspecified atom stereocenters. The molecule has 0 saturated carbocycles. The van der Waals surface area contributed by atoms with Crippen molar-refractivity contribution in [2.45, 2.75) is 25.7 Å². The predicted molar refractivity (Wildman–Crippen MR) is 82.2 cm³/mol. The fourth-order valence-electron chi connectivity index (χ4n) is 2.82. The minimum Gasteiger partial charge on any atom is -0.387 e. The first kappa shape index (κ1) is 16.0. The standard InChI is InChI=1S/C16H21FN4O2/c1-2-21-11-18-19-16(21)15-10-20(7-8-23-15)9-14(22)12-3-5-13(17)6-4-12/h3-6,11,14-15,22H,2,7-10H2,1H3. The Balaban J connectivity index is 1.63. The summed E-state index contributed by atoms with van der Waals surface area (Å²) in [7, 11) is 0. The van der Waals surface area contributed by atoms with Crippen LogP contribution in [0.1, 0.15) is 30.5 Å². The van der Waals surface area contributed by atoms with Gasteiger partial charge in [-0.1, -0.05) is 12.1 Å². The summed E-state index contributed by atoms with van der Waals surface area (Å²) in [6.45, 7) is 5.28. The van der Waals surface area contributed by atoms with Crippen molar-refractivity contribution in [1.82, 2.24) is 19.7 Å². The molecule has 0 aliphatic carbocycles. The molecule has 2 heterocycles. The first-order chi connectivity index (χ1) is 11.2. The van der Waals surface area contributed by atoms with Crippen molar-refractivity contribution >= 4 is 0 Å². The van der Waals surface area contributed by atoms with Crippen molar-refractivity contribution in [3.63, 3.8) is 0 Å². The van der Waals surface area contributed by atoms with Crippen LogP contribution in [0.3, 0.4) is 0 Å². The van der Waals surface area contributed by atoms with E-state index in [1.54, 1.807) is 18.5 Å². The summed E-state index contributed by atoms with van der Waals surface area (Å²) in [5, 5.41) is 18.4. The third kappa shape index (κ3) is 3.74. The van der Waals surface area contributed by atoms with E-state index >= 15 is 0 Å². The van der Waals surface area contributed by atoms with Crippen LogP contribution < -0.4 is 0 Å². The molecular weight excluding hydrogens is 299 g/mol. The van der Waals surface area contributed by atoms with Crippen LogP contribution in [0.15, 0.2) is 30.6 Å². The third-order valence-electron chi connectivity index (χ3n) is 4.11. The average molecular weight is 320 g/mol. The second-order valence-electron chi connectivity index (χ2n) is 5.66. The van der Waals surface area contributed by atoms with Crippen LogP contribution in [-0.4, -0.2) is 51.0 Å². The molecule has 1 aromatic heterocycles. The Bertz CT molecular complexity index is 631. The number of morpholine rings is 1. The molecule has 1 aliphatic heterocycles. The van der Waals surface area contributed by atoms with Gasteiger partial charge in [-0.3, -0.25) is 4.90 Å². The third-order valence-corrected chi connectivity index (χ3v) is 4.11. The highest BCUT2D eigenvalue weighted by Crippen LogP contribution is 2.23. The highest BCUT2D eigenvalue weighted by atomic mass is 19.1. The molecule has 1 saturated heterocycles. The first-order valence-corrected chi connectivity index (χ1v) is 7.82. The molecule has 23 heavy (non-hydrogen) atoms. The van der Waals surface area contributed by atoms with Gasteiger partial charge < -0.3 is 14.4 Å². The number of benzene rings is 1. The Labute approximate surface area is 134 Å². The number of aliphatic hydroxyl groups is 1. The number of ether oxygens (including phenoxy) is 1. The molecule has 2 atom stereocenters. The van der Waals surface area contributed by atoms with Gasteiger partial charge >= 0.3 is 0 Å². The van der Waals surface area contributed by atoms with E-state index in [0.717, 1.165) is 18.9 Å². The molecule has 1 N–H and O–H groups in total. The van der Waals surface area contributed by atoms with Gasteiger partial charge in [-0.2, -0.15) is 0 Å². The van der Waals surface area contributed by atoms with Crippen LogP contribution in [0.2, 0.25) is 0 Å². The maximum absolute atomic E-state index is 13.0. The van der Waals surface area contributed by atoms with E-state index in [1.165, 1.54) is 12.1 Å². The smallest absolute Gasteiger partial charge is 0.163 e. The number of aryl methyl sites for hydroxylation is 1. The lowest BCUT2D eigenvalue weighted by molar-refractivity contribution is -0.0476. The number of rotatable bonds is 5. The molecule has 7 heteroatoms. The largest absolute Gasteiger partial charge is 0.387 e. The molecular formula is C16H21FN4O2. The maximum atomic E-state index is 13.0. The number of aliphatic hydroxyl groups excluding tert-OH is 1. The molecule has 2 aromatic rings. The van der Waals surface area contributed by atoms with Crippen LogP contribution in [-0.2, 0) is 11.3 Å². The molecule has 1 fully saturated rings. The van der Waals surface area contributed by atoms with Gasteiger partial charge in [-0.15, -0.1) is 10.2 Å². The SMILES string of the molecule is CCn1cnnc1C1CN(CC(O)c2ccc(F)cc2)CCO1. The van der Waals surface area contributed by atoms with Gasteiger partial charge in [0.2, 0.25) is 0 Å². The lowest BCUT2D eigenvalue weighted by Crippen LogP contribution is -2.41. The van der Waals surface area contributed by atoms with Crippen molar-refractivity contribution in [2.75, 3.05) is 26.2 Å². The summed E-state index contributed by atoms with van der Waals surface area (Å²) in [6.07, 6.45) is 0.898. The topological polar surface area (TPSA) is 63.4 Å². The minimum atomic E-state index is -0.654. The van der Waals surface area contributed by atoms with E-state index in [-0.39, 0.29) is 11.9 Å². The van der Waals surface area contributed by atoms with Crippen LogP contribution in [0.4, 0.5) is 4.39 Å². The Kier molecular flexibility index (Phi) is 5.00. The van der Waals surface area contributed by atoms with Gasteiger partial charge in [0.05, 0.1) is 12.7 Å². The van der Waals surface area contributed by atoms with Crippen molar-refractivity contribution in [1.29, 1.82) is 0 Å². The Morgan fingerprint density at radius 1 is 1.39 bits per heavy atom. The fourth-order valence-corrected chi connectivity index (χ4v) is 2.82. The molecule has 0 radical (unpaired) electrons. The van der Waals surface area contributed by atoms with Gasteiger partial charge in [0.1, 0.15) is 18.2 Å². The molecule has 1 aliphatic rings. The molecule has 0 spiro atoms. The normalized spacial score (nSPS) is 20.6. The van der Waals surface area contributed by atoms with Crippen molar-refractivity contribution < 1.29 is 14.2 Å². The highest BCUT2D eigenvalue weighted by molar-refractivity contribution is 5.18. The maximum Gasteiger partial charge on any atom is 0.163 e. The highest BCUT2D eigenvalue weighted by Gasteiger charge is 2.27. The van der Waals surface area contributed by atoms with Gasteiger partial charge in [-0.05, 0) is 24.6 Å². The summed E-state index contributed by atoms with van der Waals surface area (Å²) < 4.78 is 20.7. The van der Waals surface area contributed by atoms with Crippen molar-refractivity contribution in [2.24, 2.45) is 0 Å². The van der Waals surface area contributed by atoms with E-state index in [0.29, 0.717) is 25.3 Å². The summed E-state index contributed by atoms with van der Waals surface area (Å²) in [5.41, 5.74) is 0.714. The monoisotopic (exact) mass is 320 g/mol. The summed E-state index contributed by atoms with van der Waals surface area (Å²) in [6, 6.07) is 5.96. The zero-order valence-corrected chi connectivity index (χ0v) is 13.1. The van der Waals surface area contributed by atoms with E-state index in [2.05, 4.69) is 15.1 Å². The van der Waals surface area contributed by atoms with Gasteiger partial charge in [0.25, 0.3) is 0 Å². The average Bonchev–Trinajstić information content (AvgIpc) is 3.04.